The van der Waals surface area contributed by atoms with Gasteiger partial charge in [-0.3, -0.25) is 43.4 Å². The van der Waals surface area contributed by atoms with Gasteiger partial charge in [-0.15, -0.1) is 14.5 Å². The number of benzene rings is 3. The Morgan fingerprint density at radius 3 is 2.12 bits per heavy atom. The molecule has 6 heterocycles. The number of carbonyl (C=O) groups excluding carboxylic acids is 8. The molecule has 2 aromatic heterocycles. The van der Waals surface area contributed by atoms with Crippen molar-refractivity contribution in [3.05, 3.63) is 90.3 Å². The number of fused-ring (bicyclic) bond motifs is 2. The van der Waals surface area contributed by atoms with E-state index < -0.39 is 177 Å². The van der Waals surface area contributed by atoms with E-state index in [4.69, 9.17) is 9.92 Å². The van der Waals surface area contributed by atoms with Crippen molar-refractivity contribution < 1.29 is 122 Å². The first-order valence-electron chi connectivity index (χ1n) is 29.4. The number of phenolic OH excluding ortho intramolecular Hbond substituents is 1. The minimum atomic E-state index is -2.23. The molecular weight excluding hydrogens is 1270 g/mol. The van der Waals surface area contributed by atoms with Gasteiger partial charge in [0.2, 0.25) is 41.4 Å². The topological polar surface area (TPSA) is 468 Å². The van der Waals surface area contributed by atoms with E-state index in [-0.39, 0.29) is 58.8 Å². The smallest absolute Gasteiger partial charge is 0.691 e. The molecule has 4 aliphatic heterocycles. The number of hydrogen-bond acceptors (Lipinski definition) is 25. The summed E-state index contributed by atoms with van der Waals surface area (Å²) in [5.74, 6) is -11.2. The van der Waals surface area contributed by atoms with Gasteiger partial charge in [0.05, 0.1) is 60.5 Å². The third-order valence-corrected chi connectivity index (χ3v) is 17.7. The number of hydrogen-bond donors (Lipinski definition) is 13. The van der Waals surface area contributed by atoms with Gasteiger partial charge in [0.1, 0.15) is 41.3 Å². The molecule has 0 aliphatic carbocycles. The van der Waals surface area contributed by atoms with E-state index in [1.54, 1.807) is 23.0 Å². The van der Waals surface area contributed by atoms with Crippen LogP contribution >= 0.6 is 23.7 Å². The number of piperidine rings is 1. The van der Waals surface area contributed by atoms with E-state index in [9.17, 15) is 79.4 Å². The Labute approximate surface area is 561 Å². The molecule has 0 radical (unpaired) electrons. The molecule has 0 bridgehead atoms. The third-order valence-electron chi connectivity index (χ3n) is 16.3. The summed E-state index contributed by atoms with van der Waals surface area (Å²) < 4.78 is 10.9. The SMILES string of the molecule is CC(O)C1NC(=O)[C@@H](NC(=O)c2ccc(-c3nnc(-c4cnn(-c5ccc(N6CCCCC6)cc5)c4)s3)cc2)CC(O)CNC(=O)C2C(O)C(C)CN2C(=O)C(C(O)CC(N)=O)NC(=O)C(C(O)Cc2ccc(O)c(OSOO[O-])c2)NC(=O)C2CC(O)CN2C1=O.[Na+]. The quantitative estimate of drug-likeness (QED) is 0.0135. The third kappa shape index (κ3) is 17.5. The van der Waals surface area contributed by atoms with Gasteiger partial charge >= 0.3 is 29.6 Å². The second-order valence-corrected chi connectivity index (χ2v) is 24.4. The van der Waals surface area contributed by atoms with Crippen LogP contribution in [0.5, 0.6) is 11.5 Å². The standard InChI is InChI=1S/C58H71N13O19S2.Na/c1-28-25-70-48(49(28)79)54(84)60-24-36(73)20-38(62-50(80)31-7-9-32(10-8-31)55-66-67-56(91-55)33-23-61-71(26-33)35-13-11-34(12-14-35)68-16-4-3-5-17-68)51(81)63-45(29(2)72)57(85)69-27-37(74)21-39(69)52(82)64-46(53(83)65-47(58(70)86)42(77)22-44(59)78)41(76)18-30-6-15-40(75)43(19-30)88-92-90-89-87;/h6-15,19,23,26,28-29,36-39,41-42,45-49,72-77,79,87H,3-5,16-18,20-22,24-25,27H2,1-2H3,(H2,59,78)(H,60,84)(H,62,80)(H,63,81)(H,64,82)(H,65,83);/q;+1/p-1/t28?,29?,36?,37?,38-,39?,41?,42?,45?,46?,47?,48?,49?;/m0./s1. The van der Waals surface area contributed by atoms with E-state index in [2.05, 4.69) is 68.3 Å². The molecule has 0 spiro atoms. The molecule has 32 nitrogen and oxygen atoms in total. The molecule has 13 atom stereocenters. The molecule has 14 N–H and O–H groups in total. The molecule has 8 amide bonds. The van der Waals surface area contributed by atoms with E-state index in [1.807, 2.05) is 18.3 Å². The largest absolute Gasteiger partial charge is 1.00 e. The fourth-order valence-corrected chi connectivity index (χ4v) is 12.5. The normalized spacial score (nSPS) is 25.4. The van der Waals surface area contributed by atoms with Crippen LogP contribution in [0.3, 0.4) is 0 Å². The average molecular weight is 1340 g/mol. The van der Waals surface area contributed by atoms with Gasteiger partial charge in [0.25, 0.3) is 18.2 Å². The van der Waals surface area contributed by atoms with Crippen LogP contribution in [0.4, 0.5) is 5.69 Å². The number of primary amides is 1. The van der Waals surface area contributed by atoms with Crippen LogP contribution in [0, 0.1) is 5.92 Å². The Morgan fingerprint density at radius 1 is 0.785 bits per heavy atom. The second-order valence-electron chi connectivity index (χ2n) is 23.0. The molecular formula is C58H70N13NaO19S2. The number of amides is 8. The maximum absolute atomic E-state index is 14.7. The molecule has 0 saturated carbocycles. The van der Waals surface area contributed by atoms with E-state index in [0.717, 1.165) is 66.2 Å². The van der Waals surface area contributed by atoms with Crippen molar-refractivity contribution in [1.82, 2.24) is 56.4 Å². The summed E-state index contributed by atoms with van der Waals surface area (Å²) in [6.45, 7) is 2.88. The van der Waals surface area contributed by atoms with Crippen molar-refractivity contribution in [1.29, 1.82) is 0 Å². The number of nitrogens with one attached hydrogen (secondary N) is 5. The number of aromatic nitrogens is 4. The summed E-state index contributed by atoms with van der Waals surface area (Å²) in [5.41, 5.74) is 8.76. The number of phenols is 1. The summed E-state index contributed by atoms with van der Waals surface area (Å²) in [4.78, 5) is 118. The number of nitrogens with zero attached hydrogens (tertiary/aromatic N) is 7. The number of anilines is 1. The molecule has 3 aromatic carbocycles. The van der Waals surface area contributed by atoms with Gasteiger partial charge < -0.3 is 92.2 Å². The number of carbonyl (C=O) groups is 8. The predicted octanol–water partition coefficient (Wildman–Crippen LogP) is -6.25. The Hall–Kier alpha value is -7.42. The summed E-state index contributed by atoms with van der Waals surface area (Å²) >= 11 is 1.26. The molecule has 4 fully saturated rings. The number of rotatable bonds is 17. The Morgan fingerprint density at radius 2 is 1.44 bits per heavy atom. The van der Waals surface area contributed by atoms with Crippen LogP contribution in [-0.2, 0) is 49.4 Å². The molecule has 5 aromatic rings. The van der Waals surface area contributed by atoms with Crippen LogP contribution < -0.4 is 76.2 Å². The summed E-state index contributed by atoms with van der Waals surface area (Å²) in [6.07, 6.45) is -6.64. The Balaban J connectivity index is 0.0000111. The number of aliphatic hydroxyl groups is 6. The van der Waals surface area contributed by atoms with Crippen LogP contribution in [0.15, 0.2) is 79.1 Å². The number of aliphatic hydroxyl groups excluding tert-OH is 6. The van der Waals surface area contributed by atoms with E-state index in [0.29, 0.717) is 21.1 Å². The Kier molecular flexibility index (Phi) is 24.7. The van der Waals surface area contributed by atoms with Crippen molar-refractivity contribution in [3.8, 4) is 38.3 Å². The predicted molar refractivity (Wildman–Crippen MR) is 321 cm³/mol. The first-order valence-corrected chi connectivity index (χ1v) is 30.9. The van der Waals surface area contributed by atoms with Gasteiger partial charge in [0.15, 0.2) is 16.5 Å². The first-order chi connectivity index (χ1) is 44.0. The monoisotopic (exact) mass is 1340 g/mol. The summed E-state index contributed by atoms with van der Waals surface area (Å²) in [5, 5.41) is 119. The molecule has 4 saturated heterocycles. The summed E-state index contributed by atoms with van der Waals surface area (Å²) in [7, 11) is 0. The average Bonchev–Trinajstić information content (AvgIpc) is 1.70. The van der Waals surface area contributed by atoms with Crippen molar-refractivity contribution in [2.75, 3.05) is 37.6 Å². The van der Waals surface area contributed by atoms with Gasteiger partial charge in [-0.05, 0) is 80.3 Å². The number of β-amino-alcohol motifs (C(OH)–C–C–N with tert-alkyl or cyclic N) is 1. The van der Waals surface area contributed by atoms with Gasteiger partial charge in [-0.1, -0.05) is 36.5 Å². The molecule has 494 valence electrons. The minimum Gasteiger partial charge on any atom is -0.691 e. The Bertz CT molecular complexity index is 3470. The van der Waals surface area contributed by atoms with Crippen molar-refractivity contribution in [2.45, 2.75) is 132 Å². The molecule has 9 rings (SSSR count). The summed E-state index contributed by atoms with van der Waals surface area (Å²) in [6, 6.07) is 5.92. The fraction of sp³-hybridized carbons (Fsp3) is 0.466. The maximum atomic E-state index is 14.7. The van der Waals surface area contributed by atoms with Crippen molar-refractivity contribution >= 4 is 76.6 Å². The molecule has 35 heteroatoms. The van der Waals surface area contributed by atoms with E-state index in [1.165, 1.54) is 42.9 Å². The zero-order chi connectivity index (χ0) is 66.1. The maximum Gasteiger partial charge on any atom is 1.00 e. The fourth-order valence-electron chi connectivity index (χ4n) is 11.4. The van der Waals surface area contributed by atoms with Crippen molar-refractivity contribution in [2.24, 2.45) is 11.7 Å². The van der Waals surface area contributed by atoms with Crippen LogP contribution in [0.2, 0.25) is 0 Å². The number of nitrogens with two attached hydrogens (primary N) is 1. The van der Waals surface area contributed by atoms with Gasteiger partial charge in [-0.25, -0.2) is 4.68 Å². The van der Waals surface area contributed by atoms with Crippen LogP contribution in [0.25, 0.3) is 26.8 Å². The van der Waals surface area contributed by atoms with Crippen LogP contribution in [0.1, 0.15) is 68.3 Å². The minimum absolute atomic E-state index is 0. The zero-order valence-corrected chi connectivity index (χ0v) is 54.2. The van der Waals surface area contributed by atoms with Gasteiger partial charge in [0, 0.05) is 80.9 Å². The van der Waals surface area contributed by atoms with Crippen molar-refractivity contribution in [3.63, 3.8) is 0 Å². The molecule has 93 heavy (non-hydrogen) atoms. The first kappa shape index (κ1) is 71.4. The zero-order valence-electron chi connectivity index (χ0n) is 50.6. The second kappa shape index (κ2) is 32.1. The van der Waals surface area contributed by atoms with Gasteiger partial charge in [-0.2, -0.15) is 5.10 Å². The van der Waals surface area contributed by atoms with E-state index >= 15 is 0 Å². The number of aromatic hydroxyl groups is 1. The van der Waals surface area contributed by atoms with Crippen LogP contribution in [-0.4, -0.2) is 218 Å². The molecule has 12 unspecified atom stereocenters. The molecule has 4 aliphatic rings.